The topological polar surface area (TPSA) is 20.2 Å². The fraction of sp³-hybridized carbons (Fsp3) is 0.111. The van der Waals surface area contributed by atoms with Crippen LogP contribution in [0.4, 0.5) is 0 Å². The molecule has 0 fully saturated rings. The van der Waals surface area contributed by atoms with E-state index in [0.717, 1.165) is 0 Å². The van der Waals surface area contributed by atoms with Crippen molar-refractivity contribution < 1.29 is 5.11 Å². The van der Waals surface area contributed by atoms with Crippen molar-refractivity contribution in [3.05, 3.63) is 33.8 Å². The van der Waals surface area contributed by atoms with Crippen molar-refractivity contribution in [3.8, 4) is 12.3 Å². The van der Waals surface area contributed by atoms with E-state index in [1.165, 1.54) is 0 Å². The Bertz CT molecular complexity index is 328. The molecule has 0 spiro atoms. The molecular formula is C9H6Cl2O. The summed E-state index contributed by atoms with van der Waals surface area (Å²) < 4.78 is 0. The largest absolute Gasteiger partial charge is 0.376 e. The minimum absolute atomic E-state index is 0.310. The molecule has 0 aliphatic heterocycles. The highest BCUT2D eigenvalue weighted by Crippen LogP contribution is 2.29. The van der Waals surface area contributed by atoms with Gasteiger partial charge in [-0.1, -0.05) is 41.3 Å². The highest BCUT2D eigenvalue weighted by molar-refractivity contribution is 6.42. The molecule has 12 heavy (non-hydrogen) atoms. The van der Waals surface area contributed by atoms with Crippen molar-refractivity contribution in [3.63, 3.8) is 0 Å². The summed E-state index contributed by atoms with van der Waals surface area (Å²) in [4.78, 5) is 0. The van der Waals surface area contributed by atoms with E-state index in [1.54, 1.807) is 18.2 Å². The summed E-state index contributed by atoms with van der Waals surface area (Å²) in [5.41, 5.74) is 0.465. The predicted molar refractivity (Wildman–Crippen MR) is 50.3 cm³/mol. The number of benzene rings is 1. The van der Waals surface area contributed by atoms with Crippen LogP contribution in [0.15, 0.2) is 18.2 Å². The molecular weight excluding hydrogens is 195 g/mol. The molecule has 0 amide bonds. The lowest BCUT2D eigenvalue weighted by Crippen LogP contribution is -1.94. The first-order valence-corrected chi connectivity index (χ1v) is 4.00. The summed E-state index contributed by atoms with van der Waals surface area (Å²) in [6.45, 7) is 0. The van der Waals surface area contributed by atoms with Crippen LogP contribution in [0.5, 0.6) is 0 Å². The molecule has 1 nitrogen and oxygen atoms in total. The fourth-order valence-electron chi connectivity index (χ4n) is 0.821. The van der Waals surface area contributed by atoms with Gasteiger partial charge in [-0.05, 0) is 6.07 Å². The van der Waals surface area contributed by atoms with E-state index < -0.39 is 6.10 Å². The Balaban J connectivity index is 3.18. The molecule has 1 aromatic carbocycles. The number of aliphatic hydroxyl groups excluding tert-OH is 1. The molecule has 1 rings (SSSR count). The van der Waals surface area contributed by atoms with Crippen LogP contribution in [-0.4, -0.2) is 5.11 Å². The number of rotatable bonds is 1. The van der Waals surface area contributed by atoms with Gasteiger partial charge in [0.15, 0.2) is 0 Å². The molecule has 3 heteroatoms. The molecule has 0 saturated carbocycles. The highest BCUT2D eigenvalue weighted by atomic mass is 35.5. The summed E-state index contributed by atoms with van der Waals surface area (Å²) in [6, 6.07) is 4.96. The molecule has 62 valence electrons. The van der Waals surface area contributed by atoms with Crippen LogP contribution in [0.1, 0.15) is 11.7 Å². The van der Waals surface area contributed by atoms with Crippen LogP contribution in [0, 0.1) is 12.3 Å². The first-order chi connectivity index (χ1) is 5.66. The van der Waals surface area contributed by atoms with Crippen molar-refractivity contribution in [2.45, 2.75) is 6.10 Å². The van der Waals surface area contributed by atoms with E-state index in [2.05, 4.69) is 5.92 Å². The van der Waals surface area contributed by atoms with Crippen LogP contribution in [0.25, 0.3) is 0 Å². The van der Waals surface area contributed by atoms with Gasteiger partial charge in [-0.15, -0.1) is 6.42 Å². The molecule has 0 bridgehead atoms. The van der Waals surface area contributed by atoms with Gasteiger partial charge >= 0.3 is 0 Å². The SMILES string of the molecule is C#C[C@H](O)c1cccc(Cl)c1Cl. The van der Waals surface area contributed by atoms with Gasteiger partial charge in [0.05, 0.1) is 10.0 Å². The lowest BCUT2D eigenvalue weighted by atomic mass is 10.1. The van der Waals surface area contributed by atoms with Gasteiger partial charge in [0.2, 0.25) is 0 Å². The average Bonchev–Trinajstić information content (AvgIpc) is 2.08. The molecule has 0 aliphatic rings. The molecule has 1 atom stereocenters. The Labute approximate surface area is 80.9 Å². The normalized spacial score (nSPS) is 12.2. The Hall–Kier alpha value is -0.680. The van der Waals surface area contributed by atoms with Crippen molar-refractivity contribution in [2.24, 2.45) is 0 Å². The number of halogens is 2. The molecule has 0 heterocycles. The lowest BCUT2D eigenvalue weighted by molar-refractivity contribution is 0.238. The van der Waals surface area contributed by atoms with Crippen molar-refractivity contribution in [1.82, 2.24) is 0 Å². The van der Waals surface area contributed by atoms with Crippen molar-refractivity contribution >= 4 is 23.2 Å². The van der Waals surface area contributed by atoms with Gasteiger partial charge in [-0.3, -0.25) is 0 Å². The van der Waals surface area contributed by atoms with E-state index in [9.17, 15) is 5.11 Å². The van der Waals surface area contributed by atoms with Gasteiger partial charge in [-0.2, -0.15) is 0 Å². The van der Waals surface area contributed by atoms with Gasteiger partial charge in [0.25, 0.3) is 0 Å². The molecule has 0 saturated heterocycles. The Morgan fingerprint density at radius 3 is 2.67 bits per heavy atom. The molecule has 0 aromatic heterocycles. The Morgan fingerprint density at radius 2 is 2.08 bits per heavy atom. The highest BCUT2D eigenvalue weighted by Gasteiger charge is 2.09. The van der Waals surface area contributed by atoms with E-state index >= 15 is 0 Å². The molecule has 0 aliphatic carbocycles. The molecule has 1 N–H and O–H groups in total. The monoisotopic (exact) mass is 200 g/mol. The first-order valence-electron chi connectivity index (χ1n) is 3.25. The summed E-state index contributed by atoms with van der Waals surface area (Å²) in [7, 11) is 0. The third-order valence-electron chi connectivity index (χ3n) is 1.43. The van der Waals surface area contributed by atoms with E-state index in [4.69, 9.17) is 29.6 Å². The van der Waals surface area contributed by atoms with Crippen LogP contribution in [0.3, 0.4) is 0 Å². The molecule has 1 aromatic rings. The quantitative estimate of drug-likeness (QED) is 0.692. The van der Waals surface area contributed by atoms with Crippen LogP contribution < -0.4 is 0 Å². The average molecular weight is 201 g/mol. The fourth-order valence-corrected chi connectivity index (χ4v) is 1.23. The maximum atomic E-state index is 9.26. The second kappa shape index (κ2) is 3.82. The van der Waals surface area contributed by atoms with E-state index in [-0.39, 0.29) is 0 Å². The second-order valence-corrected chi connectivity index (χ2v) is 3.00. The van der Waals surface area contributed by atoms with E-state index in [1.807, 2.05) is 0 Å². The zero-order valence-electron chi connectivity index (χ0n) is 6.09. The maximum Gasteiger partial charge on any atom is 0.141 e. The van der Waals surface area contributed by atoms with Gasteiger partial charge in [0.1, 0.15) is 6.10 Å². The second-order valence-electron chi connectivity index (χ2n) is 2.21. The van der Waals surface area contributed by atoms with Gasteiger partial charge in [-0.25, -0.2) is 0 Å². The standard InChI is InChI=1S/C9H6Cl2O/c1-2-8(12)6-4-3-5-7(10)9(6)11/h1,3-5,8,12H/t8-/m0/s1. The van der Waals surface area contributed by atoms with E-state index in [0.29, 0.717) is 15.6 Å². The zero-order chi connectivity index (χ0) is 9.14. The summed E-state index contributed by atoms with van der Waals surface area (Å²) in [5.74, 6) is 2.16. The number of hydrogen-bond donors (Lipinski definition) is 1. The molecule has 0 radical (unpaired) electrons. The summed E-state index contributed by atoms with van der Waals surface area (Å²) in [6.07, 6.45) is 4.03. The predicted octanol–water partition coefficient (Wildman–Crippen LogP) is 2.66. The van der Waals surface area contributed by atoms with Crippen molar-refractivity contribution in [1.29, 1.82) is 0 Å². The third kappa shape index (κ3) is 1.73. The summed E-state index contributed by atoms with van der Waals surface area (Å²) >= 11 is 11.5. The first kappa shape index (κ1) is 9.41. The Kier molecular flexibility index (Phi) is 2.99. The Morgan fingerprint density at radius 1 is 1.42 bits per heavy atom. The van der Waals surface area contributed by atoms with Crippen molar-refractivity contribution in [2.75, 3.05) is 0 Å². The smallest absolute Gasteiger partial charge is 0.141 e. The number of terminal acetylenes is 1. The maximum absolute atomic E-state index is 9.26. The van der Waals surface area contributed by atoms with Crippen LogP contribution >= 0.6 is 23.2 Å². The van der Waals surface area contributed by atoms with Gasteiger partial charge < -0.3 is 5.11 Å². The van der Waals surface area contributed by atoms with Crippen LogP contribution in [-0.2, 0) is 0 Å². The zero-order valence-corrected chi connectivity index (χ0v) is 7.60. The number of aliphatic hydroxyl groups is 1. The molecule has 0 unspecified atom stereocenters. The minimum Gasteiger partial charge on any atom is -0.376 e. The van der Waals surface area contributed by atoms with Gasteiger partial charge in [0, 0.05) is 5.56 Å². The third-order valence-corrected chi connectivity index (χ3v) is 2.27. The minimum atomic E-state index is -0.990. The number of hydrogen-bond acceptors (Lipinski definition) is 1. The lowest BCUT2D eigenvalue weighted by Gasteiger charge is -2.06. The summed E-state index contributed by atoms with van der Waals surface area (Å²) in [5, 5.41) is 9.96. The van der Waals surface area contributed by atoms with Crippen LogP contribution in [0.2, 0.25) is 10.0 Å².